The van der Waals surface area contributed by atoms with E-state index in [1.807, 2.05) is 42.3 Å². The number of rotatable bonds is 4. The van der Waals surface area contributed by atoms with Gasteiger partial charge in [0.05, 0.1) is 35.8 Å². The van der Waals surface area contributed by atoms with Crippen molar-refractivity contribution < 1.29 is 4.74 Å². The van der Waals surface area contributed by atoms with Crippen LogP contribution in [-0.4, -0.2) is 42.0 Å². The normalized spacial score (nSPS) is 17.8. The number of fused-ring (bicyclic) bond motifs is 2. The Morgan fingerprint density at radius 3 is 2.68 bits per heavy atom. The summed E-state index contributed by atoms with van der Waals surface area (Å²) in [4.78, 5) is 9.90. The van der Waals surface area contributed by atoms with Crippen LogP contribution in [0.5, 0.6) is 5.75 Å². The predicted octanol–water partition coefficient (Wildman–Crippen LogP) is 5.13. The number of hydrogen-bond donors (Lipinski definition) is 0. The largest absolute Gasteiger partial charge is 0.495 e. The van der Waals surface area contributed by atoms with Gasteiger partial charge in [0.2, 0.25) is 0 Å². The lowest BCUT2D eigenvalue weighted by molar-refractivity contribution is 0.415. The number of nitrogens with zero attached hydrogens (tertiary/aromatic N) is 4. The third kappa shape index (κ3) is 3.11. The van der Waals surface area contributed by atoms with Gasteiger partial charge in [-0.2, -0.15) is 5.10 Å². The number of hydrogen-bond acceptors (Lipinski definition) is 5. The standard InChI is InChI=1S/C21H18Cl2N4O/c1-4-9-27-21-19(12(2)26-27)25-20(13-7-5-6-8-15(13)22)14-10-18(28-3)16(23)11-17(14)24-21/h4-8,10-11,19H,1,9H2,2-3H3. The van der Waals surface area contributed by atoms with Crippen molar-refractivity contribution in [3.63, 3.8) is 0 Å². The number of amidine groups is 1. The van der Waals surface area contributed by atoms with Crippen LogP contribution in [0.1, 0.15) is 18.1 Å². The third-order valence-corrected chi connectivity index (χ3v) is 5.26. The molecule has 0 radical (unpaired) electrons. The van der Waals surface area contributed by atoms with Crippen LogP contribution in [0.3, 0.4) is 0 Å². The van der Waals surface area contributed by atoms with Crippen molar-refractivity contribution in [1.82, 2.24) is 5.01 Å². The Morgan fingerprint density at radius 2 is 1.96 bits per heavy atom. The summed E-state index contributed by atoms with van der Waals surface area (Å²) in [7, 11) is 1.58. The van der Waals surface area contributed by atoms with E-state index in [9.17, 15) is 0 Å². The second kappa shape index (κ2) is 7.41. The Labute approximate surface area is 173 Å². The zero-order chi connectivity index (χ0) is 19.8. The smallest absolute Gasteiger partial charge is 0.156 e. The minimum absolute atomic E-state index is 0.302. The molecule has 0 spiro atoms. The summed E-state index contributed by atoms with van der Waals surface area (Å²) in [5, 5.41) is 7.50. The maximum atomic E-state index is 6.51. The van der Waals surface area contributed by atoms with Crippen molar-refractivity contribution in [1.29, 1.82) is 0 Å². The van der Waals surface area contributed by atoms with Crippen molar-refractivity contribution in [2.45, 2.75) is 13.0 Å². The third-order valence-electron chi connectivity index (χ3n) is 4.63. The average Bonchev–Trinajstić information content (AvgIpc) is 2.86. The second-order valence-electron chi connectivity index (χ2n) is 6.45. The highest BCUT2D eigenvalue weighted by atomic mass is 35.5. The van der Waals surface area contributed by atoms with Crippen LogP contribution in [0.15, 0.2) is 64.1 Å². The summed E-state index contributed by atoms with van der Waals surface area (Å²) in [6, 6.07) is 11.0. The molecule has 0 saturated heterocycles. The Hall–Kier alpha value is -2.63. The van der Waals surface area contributed by atoms with E-state index in [1.165, 1.54) is 0 Å². The number of hydrazone groups is 1. The molecule has 7 heteroatoms. The van der Waals surface area contributed by atoms with Crippen molar-refractivity contribution in [2.24, 2.45) is 15.1 Å². The number of ether oxygens (including phenoxy) is 1. The number of aliphatic imine (C=N–C) groups is 2. The summed E-state index contributed by atoms with van der Waals surface area (Å²) in [5.74, 6) is 1.29. The molecule has 2 heterocycles. The molecule has 142 valence electrons. The Morgan fingerprint density at radius 1 is 1.18 bits per heavy atom. The number of benzene rings is 2. The van der Waals surface area contributed by atoms with Crippen molar-refractivity contribution in [2.75, 3.05) is 13.7 Å². The molecule has 28 heavy (non-hydrogen) atoms. The SMILES string of the molecule is C=CCN1N=C(C)C2N=C(c3ccccc3Cl)c3cc(OC)c(Cl)cc3N=C21. The van der Waals surface area contributed by atoms with E-state index in [0.717, 1.165) is 28.4 Å². The molecule has 1 unspecified atom stereocenters. The lowest BCUT2D eigenvalue weighted by atomic mass is 10.00. The highest BCUT2D eigenvalue weighted by molar-refractivity contribution is 6.37. The topological polar surface area (TPSA) is 49.5 Å². The molecule has 0 aromatic heterocycles. The zero-order valence-corrected chi connectivity index (χ0v) is 17.0. The first-order chi connectivity index (χ1) is 13.5. The fourth-order valence-corrected chi connectivity index (χ4v) is 3.78. The van der Waals surface area contributed by atoms with E-state index >= 15 is 0 Å². The molecule has 1 atom stereocenters. The van der Waals surface area contributed by atoms with Gasteiger partial charge in [-0.05, 0) is 25.1 Å². The fraction of sp³-hybridized carbons (Fsp3) is 0.190. The van der Waals surface area contributed by atoms with Crippen LogP contribution in [0, 0.1) is 0 Å². The van der Waals surface area contributed by atoms with Crippen LogP contribution in [-0.2, 0) is 0 Å². The van der Waals surface area contributed by atoms with E-state index in [1.54, 1.807) is 19.3 Å². The highest BCUT2D eigenvalue weighted by Crippen LogP contribution is 2.38. The zero-order valence-electron chi connectivity index (χ0n) is 15.5. The van der Waals surface area contributed by atoms with E-state index in [2.05, 4.69) is 11.7 Å². The number of methoxy groups -OCH3 is 1. The minimum atomic E-state index is -0.302. The molecule has 2 aromatic carbocycles. The van der Waals surface area contributed by atoms with E-state index in [0.29, 0.717) is 28.0 Å². The summed E-state index contributed by atoms with van der Waals surface area (Å²) < 4.78 is 5.43. The summed E-state index contributed by atoms with van der Waals surface area (Å²) in [6.45, 7) is 6.30. The van der Waals surface area contributed by atoms with E-state index in [4.69, 9.17) is 37.9 Å². The first-order valence-corrected chi connectivity index (χ1v) is 9.51. The fourth-order valence-electron chi connectivity index (χ4n) is 3.32. The molecule has 4 rings (SSSR count). The van der Waals surface area contributed by atoms with Crippen LogP contribution in [0.2, 0.25) is 10.0 Å². The quantitative estimate of drug-likeness (QED) is 0.653. The second-order valence-corrected chi connectivity index (χ2v) is 7.26. The minimum Gasteiger partial charge on any atom is -0.495 e. The molecule has 2 aliphatic heterocycles. The Balaban J connectivity index is 1.99. The molecule has 0 aliphatic carbocycles. The van der Waals surface area contributed by atoms with Crippen LogP contribution < -0.4 is 4.74 Å². The molecule has 5 nitrogen and oxygen atoms in total. The van der Waals surface area contributed by atoms with E-state index < -0.39 is 0 Å². The van der Waals surface area contributed by atoms with Gasteiger partial charge < -0.3 is 4.74 Å². The molecule has 2 aromatic rings. The molecule has 0 amide bonds. The maximum Gasteiger partial charge on any atom is 0.156 e. The van der Waals surface area contributed by atoms with E-state index in [-0.39, 0.29) is 6.04 Å². The van der Waals surface area contributed by atoms with Crippen molar-refractivity contribution in [3.8, 4) is 5.75 Å². The van der Waals surface area contributed by atoms with Crippen molar-refractivity contribution >= 4 is 46.1 Å². The van der Waals surface area contributed by atoms with Gasteiger partial charge in [-0.25, -0.2) is 10.0 Å². The molecule has 0 fully saturated rings. The van der Waals surface area contributed by atoms with Gasteiger partial charge in [0, 0.05) is 16.1 Å². The maximum absolute atomic E-state index is 6.51. The molecule has 0 saturated carbocycles. The Kier molecular flexibility index (Phi) is 4.96. The lowest BCUT2D eigenvalue weighted by Crippen LogP contribution is -2.30. The highest BCUT2D eigenvalue weighted by Gasteiger charge is 2.34. The van der Waals surface area contributed by atoms with Gasteiger partial charge in [0.15, 0.2) is 5.84 Å². The average molecular weight is 413 g/mol. The van der Waals surface area contributed by atoms with Crippen LogP contribution >= 0.6 is 23.2 Å². The van der Waals surface area contributed by atoms with Gasteiger partial charge >= 0.3 is 0 Å². The first kappa shape index (κ1) is 18.7. The van der Waals surface area contributed by atoms with Gasteiger partial charge in [0.25, 0.3) is 0 Å². The molecule has 2 aliphatic rings. The van der Waals surface area contributed by atoms with Crippen LogP contribution in [0.25, 0.3) is 0 Å². The van der Waals surface area contributed by atoms with Gasteiger partial charge in [-0.1, -0.05) is 47.5 Å². The molecule has 0 bridgehead atoms. The summed E-state index contributed by atoms with van der Waals surface area (Å²) >= 11 is 12.9. The van der Waals surface area contributed by atoms with Gasteiger partial charge in [-0.3, -0.25) is 4.99 Å². The first-order valence-electron chi connectivity index (χ1n) is 8.76. The molecular formula is C21H18Cl2N4O. The number of halogens is 2. The molecule has 0 N–H and O–H groups in total. The summed E-state index contributed by atoms with van der Waals surface area (Å²) in [6.07, 6.45) is 1.78. The monoisotopic (exact) mass is 412 g/mol. The summed E-state index contributed by atoms with van der Waals surface area (Å²) in [5.41, 5.74) is 3.91. The van der Waals surface area contributed by atoms with Gasteiger partial charge in [-0.15, -0.1) is 6.58 Å². The van der Waals surface area contributed by atoms with Crippen molar-refractivity contribution in [3.05, 3.63) is 70.2 Å². The lowest BCUT2D eigenvalue weighted by Gasteiger charge is -2.14. The van der Waals surface area contributed by atoms with Crippen LogP contribution in [0.4, 0.5) is 5.69 Å². The predicted molar refractivity (Wildman–Crippen MR) is 116 cm³/mol. The Bertz CT molecular complexity index is 1060. The molecular weight excluding hydrogens is 395 g/mol. The van der Waals surface area contributed by atoms with Gasteiger partial charge in [0.1, 0.15) is 11.8 Å².